The largest absolute Gasteiger partial charge is 0.467 e. The molecule has 4 aliphatic heterocycles. The standard InChI is InChI=1S/C17H22FNO5.C12H12FNO2.C11H14FNO.C11H17NO5.C6H4FI.C4H8O.C2HF3O.2C2H6.CH4/c1-17(2,3)24-16(22)19-13(15(21)23-4)9-10-14(20)11-5-7-12(18)8-6-11;1-16-12(15)11-7-6-10(14-11)8-2-4-9(13)5-3-8;12-9-3-1-8(2-4-9)11-6-5-10(7-14)13-11;1-11(2,3)17-10(15)12-7(9(14)16-4)5-6-8(12)13;7-5-1-3-6(8)4-2-5;1-2-4-5-3-1;3-2(4,5)1-6;2*1-2;/h5-8,13H,9-10H2,1-4H3,(H,19,22);2-5,11H,6-7H2,1H3;1-4,10-11,13-14H,5-7H2;7H,5-6H2,1-4H3;1-4H;1-4H2;1H;2*1-2H3;1H4/t13-;11-;10-,11?;7-;;;;;;/m0000....../s1/i;;;;;;;2*1D;. The van der Waals surface area contributed by atoms with E-state index < -0.39 is 77.6 Å². The lowest BCUT2D eigenvalue weighted by atomic mass is 10.0. The molecular weight excluding hydrogens is 1370 g/mol. The van der Waals surface area contributed by atoms with Crippen LogP contribution in [0.1, 0.15) is 171 Å². The van der Waals surface area contributed by atoms with Crippen LogP contribution in [0.5, 0.6) is 0 Å². The predicted molar refractivity (Wildman–Crippen MR) is 354 cm³/mol. The first-order valence-corrected chi connectivity index (χ1v) is 30.8. The summed E-state index contributed by atoms with van der Waals surface area (Å²) in [7, 11) is 3.76. The third-order valence-electron chi connectivity index (χ3n) is 12.4. The van der Waals surface area contributed by atoms with Gasteiger partial charge < -0.3 is 44.2 Å². The molecule has 4 aliphatic rings. The van der Waals surface area contributed by atoms with Crippen LogP contribution in [0.2, 0.25) is 0 Å². The minimum Gasteiger partial charge on any atom is -0.467 e. The molecule has 27 heteroatoms. The van der Waals surface area contributed by atoms with Crippen molar-refractivity contribution in [3.8, 4) is 0 Å². The van der Waals surface area contributed by atoms with E-state index in [1.807, 2.05) is 0 Å². The van der Waals surface area contributed by atoms with Crippen LogP contribution in [0.3, 0.4) is 0 Å². The Morgan fingerprint density at radius 3 is 1.61 bits per heavy atom. The van der Waals surface area contributed by atoms with Crippen molar-refractivity contribution in [2.75, 3.05) is 41.2 Å². The van der Waals surface area contributed by atoms with Gasteiger partial charge in [-0.1, -0.05) is 59.3 Å². The number of amides is 3. The van der Waals surface area contributed by atoms with E-state index >= 15 is 0 Å². The van der Waals surface area contributed by atoms with Crippen LogP contribution in [0.15, 0.2) is 102 Å². The molecule has 0 aliphatic carbocycles. The number of aliphatic hydroxyl groups is 1. The number of esters is 3. The maximum absolute atomic E-state index is 12.9. The number of Topliss-reactive ketones (excluding diaryl/α,β-unsaturated/α-hetero) is 1. The molecule has 1 unspecified atom stereocenters. The molecule has 4 aromatic rings. The number of alkyl halides is 3. The van der Waals surface area contributed by atoms with Gasteiger partial charge in [0.25, 0.3) is 0 Å². The Morgan fingerprint density at radius 1 is 0.726 bits per heavy atom. The molecule has 95 heavy (non-hydrogen) atoms. The van der Waals surface area contributed by atoms with E-state index in [9.17, 15) is 64.3 Å². The van der Waals surface area contributed by atoms with Crippen molar-refractivity contribution in [3.05, 3.63) is 141 Å². The SMILES string of the molecule is C.C1CCOC1.COC(=O)[C@@H]1CCC(=O)N1C(=O)OC(C)(C)C.COC(=O)[C@@H]1CCC(c2ccc(F)cc2)=N1.COC(=O)[C@H](CCC(=O)c1ccc(F)cc1)NC(=O)OC(C)(C)C.Fc1ccc(I)cc1.O=CC(F)(F)F.OC[C@@H]1CCC(c2ccc(F)cc2)N1.[2H]CC.[2H]CC. The van der Waals surface area contributed by atoms with E-state index in [1.54, 1.807) is 91.8 Å². The second-order valence-electron chi connectivity index (χ2n) is 21.8. The van der Waals surface area contributed by atoms with Gasteiger partial charge in [0.15, 0.2) is 5.78 Å². The molecule has 5 atom stereocenters. The van der Waals surface area contributed by atoms with Gasteiger partial charge in [0, 0.05) is 55.7 Å². The number of nitrogens with one attached hydrogen (secondary N) is 2. The van der Waals surface area contributed by atoms with Crippen LogP contribution in [-0.4, -0.2) is 146 Å². The third-order valence-corrected chi connectivity index (χ3v) is 13.1. The van der Waals surface area contributed by atoms with Crippen LogP contribution in [0.4, 0.5) is 40.3 Å². The smallest absolute Gasteiger partial charge is 0.446 e. The summed E-state index contributed by atoms with van der Waals surface area (Å²) in [6.45, 7) is 16.9. The summed E-state index contributed by atoms with van der Waals surface area (Å²) < 4.78 is 124. The number of methoxy groups -OCH3 is 3. The third kappa shape index (κ3) is 38.7. The summed E-state index contributed by atoms with van der Waals surface area (Å²) >= 11 is 2.13. The number of aliphatic imine (C=N–C) groups is 1. The Balaban J connectivity index is 0. The van der Waals surface area contributed by atoms with Gasteiger partial charge in [0.2, 0.25) is 12.2 Å². The lowest BCUT2D eigenvalue weighted by molar-refractivity contribution is -0.156. The van der Waals surface area contributed by atoms with Crippen molar-refractivity contribution in [2.45, 2.75) is 188 Å². The zero-order chi connectivity index (χ0) is 73.2. The molecule has 3 amide bonds. The fourth-order valence-corrected chi connectivity index (χ4v) is 8.46. The second kappa shape index (κ2) is 47.5. The molecule has 0 aromatic heterocycles. The number of halogens is 8. The van der Waals surface area contributed by atoms with Crippen molar-refractivity contribution in [3.63, 3.8) is 0 Å². The van der Waals surface area contributed by atoms with Gasteiger partial charge in [-0.15, -0.1) is 0 Å². The van der Waals surface area contributed by atoms with Gasteiger partial charge in [-0.25, -0.2) is 46.4 Å². The summed E-state index contributed by atoms with van der Waals surface area (Å²) in [5, 5.41) is 14.6. The van der Waals surface area contributed by atoms with E-state index in [2.05, 4.69) is 52.4 Å². The quantitative estimate of drug-likeness (QED) is 0.0315. The summed E-state index contributed by atoms with van der Waals surface area (Å²) in [5.41, 5.74) is 1.72. The van der Waals surface area contributed by atoms with Gasteiger partial charge in [-0.2, -0.15) is 13.2 Å². The predicted octanol–water partition coefficient (Wildman–Crippen LogP) is 14.2. The Kier molecular flexibility index (Phi) is 42.8. The highest BCUT2D eigenvalue weighted by Crippen LogP contribution is 2.27. The van der Waals surface area contributed by atoms with Gasteiger partial charge in [-0.3, -0.25) is 19.4 Å². The van der Waals surface area contributed by atoms with E-state index in [0.717, 1.165) is 57.8 Å². The first-order valence-electron chi connectivity index (χ1n) is 31.1. The second-order valence-corrected chi connectivity index (χ2v) is 23.1. The fraction of sp³-hybridized carbons (Fsp3) is 0.515. The molecule has 3 saturated heterocycles. The number of ether oxygens (including phenoxy) is 6. The minimum atomic E-state index is -4.64. The number of hydrogen-bond donors (Lipinski definition) is 3. The molecule has 0 radical (unpaired) electrons. The van der Waals surface area contributed by atoms with E-state index in [0.29, 0.717) is 25.8 Å². The minimum absolute atomic E-state index is 0. The summed E-state index contributed by atoms with van der Waals surface area (Å²) in [4.78, 5) is 95.4. The highest BCUT2D eigenvalue weighted by atomic mass is 127. The summed E-state index contributed by atoms with van der Waals surface area (Å²) in [6.07, 6.45) is -0.859. The molecule has 8 rings (SSSR count). The van der Waals surface area contributed by atoms with Gasteiger partial charge in [-0.05, 0) is 199 Å². The lowest BCUT2D eigenvalue weighted by Crippen LogP contribution is -2.45. The number of rotatable bonds is 11. The number of aliphatic hydroxyl groups excluding tert-OH is 1. The highest BCUT2D eigenvalue weighted by molar-refractivity contribution is 14.1. The monoisotopic (exact) mass is 1470 g/mol. The van der Waals surface area contributed by atoms with E-state index in [-0.39, 0.29) is 81.0 Å². The van der Waals surface area contributed by atoms with Crippen LogP contribution in [0.25, 0.3) is 0 Å². The number of nitrogens with zero attached hydrogens (tertiary/aromatic N) is 2. The van der Waals surface area contributed by atoms with Crippen LogP contribution >= 0.6 is 22.6 Å². The first kappa shape index (κ1) is 85.6. The van der Waals surface area contributed by atoms with Crippen molar-refractivity contribution in [1.29, 1.82) is 0 Å². The average molecular weight is 1470 g/mol. The van der Waals surface area contributed by atoms with Crippen molar-refractivity contribution >= 4 is 76.4 Å². The molecule has 4 aromatic carbocycles. The molecule has 4 heterocycles. The first-order chi connectivity index (χ1) is 45.0. The average Bonchev–Trinajstić information content (AvgIpc) is 1.74. The highest BCUT2D eigenvalue weighted by Gasteiger charge is 2.43. The van der Waals surface area contributed by atoms with Crippen LogP contribution < -0.4 is 10.6 Å². The van der Waals surface area contributed by atoms with Crippen molar-refractivity contribution < 1.29 is 105 Å². The Hall–Kier alpha value is -7.37. The summed E-state index contributed by atoms with van der Waals surface area (Å²) in [6, 6.07) is 22.3. The topological polar surface area (TPSA) is 252 Å². The fourth-order valence-electron chi connectivity index (χ4n) is 8.10. The molecule has 19 nitrogen and oxygen atoms in total. The molecular formula is C68H94F7IN4O15. The van der Waals surface area contributed by atoms with Gasteiger partial charge in [0.1, 0.15) is 52.6 Å². The number of likely N-dealkylation sites (tertiary alicyclic amines) is 1. The number of carbonyl (C=O) groups is 8. The number of imide groups is 1. The Labute approximate surface area is 569 Å². The molecule has 0 bridgehead atoms. The van der Waals surface area contributed by atoms with Gasteiger partial charge >= 0.3 is 36.3 Å². The van der Waals surface area contributed by atoms with E-state index in [4.69, 9.17) is 26.9 Å². The number of carbonyl (C=O) groups excluding carboxylic acids is 8. The van der Waals surface area contributed by atoms with Crippen LogP contribution in [-0.2, 0) is 52.4 Å². The van der Waals surface area contributed by atoms with Crippen molar-refractivity contribution in [2.24, 2.45) is 4.99 Å². The molecule has 0 spiro atoms. The zero-order valence-electron chi connectivity index (χ0n) is 56.9. The number of hydrogen-bond acceptors (Lipinski definition) is 17. The van der Waals surface area contributed by atoms with Crippen LogP contribution in [0, 0.1) is 26.8 Å². The molecule has 3 fully saturated rings. The maximum atomic E-state index is 12.9. The number of alkyl carbamates (subject to hydrolysis) is 1. The normalized spacial score (nSPS) is 17.1. The number of aldehydes is 1. The Morgan fingerprint density at radius 2 is 1.20 bits per heavy atom. The Bertz CT molecular complexity index is 2940. The number of ketones is 1. The number of benzene rings is 4. The zero-order valence-corrected chi connectivity index (χ0v) is 57.0. The van der Waals surface area contributed by atoms with Gasteiger partial charge in [0.05, 0.1) is 27.9 Å². The summed E-state index contributed by atoms with van der Waals surface area (Å²) in [5.74, 6) is -3.34. The van der Waals surface area contributed by atoms with Crippen molar-refractivity contribution in [1.82, 2.24) is 15.5 Å². The maximum Gasteiger partial charge on any atom is 0.446 e. The lowest BCUT2D eigenvalue weighted by Gasteiger charge is -2.26. The molecule has 3 N–H and O–H groups in total. The van der Waals surface area contributed by atoms with E-state index in [1.165, 1.54) is 94.8 Å². The molecule has 532 valence electrons. The molecule has 0 saturated carbocycles.